The van der Waals surface area contributed by atoms with Crippen LogP contribution >= 0.6 is 0 Å². The number of hydrogen-bond donors (Lipinski definition) is 1. The second kappa shape index (κ2) is 8.23. The van der Waals surface area contributed by atoms with Crippen LogP contribution in [0.3, 0.4) is 0 Å². The first-order valence-electron chi connectivity index (χ1n) is 5.20. The molecule has 0 aliphatic rings. The summed E-state index contributed by atoms with van der Waals surface area (Å²) < 4.78 is 9.58. The lowest BCUT2D eigenvalue weighted by atomic mass is 10.0. The third-order valence-electron chi connectivity index (χ3n) is 1.84. The zero-order chi connectivity index (χ0) is 11.7. The van der Waals surface area contributed by atoms with Gasteiger partial charge in [-0.1, -0.05) is 0 Å². The summed E-state index contributed by atoms with van der Waals surface area (Å²) in [5.74, 6) is -1.87. The Balaban J connectivity index is 4.28. The van der Waals surface area contributed by atoms with Crippen molar-refractivity contribution in [2.45, 2.75) is 26.7 Å². The molecule has 0 amide bonds. The van der Waals surface area contributed by atoms with Crippen LogP contribution in [-0.4, -0.2) is 31.7 Å². The summed E-state index contributed by atoms with van der Waals surface area (Å²) in [6, 6.07) is 0. The van der Waals surface area contributed by atoms with Crippen molar-refractivity contribution in [3.05, 3.63) is 0 Å². The van der Waals surface area contributed by atoms with Gasteiger partial charge in [0.2, 0.25) is 0 Å². The molecule has 0 spiro atoms. The monoisotopic (exact) mass is 217 g/mol. The second-order valence-electron chi connectivity index (χ2n) is 2.99. The van der Waals surface area contributed by atoms with Gasteiger partial charge in [-0.25, -0.2) is 0 Å². The number of esters is 2. The largest absolute Gasteiger partial charge is 0.465 e. The molecule has 0 saturated carbocycles. The lowest BCUT2D eigenvalue weighted by Gasteiger charge is -2.13. The number of nitrogens with two attached hydrogens (primary N) is 1. The summed E-state index contributed by atoms with van der Waals surface area (Å²) in [4.78, 5) is 22.8. The molecule has 0 saturated heterocycles. The SMILES string of the molecule is CCOC(=O)C(CCCN)C(=O)OCC. The van der Waals surface area contributed by atoms with Gasteiger partial charge in [-0.2, -0.15) is 0 Å². The summed E-state index contributed by atoms with van der Waals surface area (Å²) in [5, 5.41) is 0. The molecule has 5 heteroatoms. The van der Waals surface area contributed by atoms with Gasteiger partial charge in [-0.05, 0) is 33.2 Å². The van der Waals surface area contributed by atoms with E-state index in [-0.39, 0.29) is 13.2 Å². The van der Waals surface area contributed by atoms with E-state index in [9.17, 15) is 9.59 Å². The molecule has 0 heterocycles. The van der Waals surface area contributed by atoms with Crippen molar-refractivity contribution in [2.75, 3.05) is 19.8 Å². The maximum atomic E-state index is 11.4. The van der Waals surface area contributed by atoms with Gasteiger partial charge in [0.05, 0.1) is 13.2 Å². The zero-order valence-corrected chi connectivity index (χ0v) is 9.32. The predicted molar refractivity (Wildman–Crippen MR) is 55.0 cm³/mol. The van der Waals surface area contributed by atoms with Crippen LogP contribution in [0.2, 0.25) is 0 Å². The molecule has 15 heavy (non-hydrogen) atoms. The minimum atomic E-state index is -0.826. The Bertz CT molecular complexity index is 188. The molecule has 0 unspecified atom stereocenters. The number of hydrogen-bond acceptors (Lipinski definition) is 5. The van der Waals surface area contributed by atoms with Crippen molar-refractivity contribution < 1.29 is 19.1 Å². The Morgan fingerprint density at radius 2 is 1.60 bits per heavy atom. The Morgan fingerprint density at radius 1 is 1.13 bits per heavy atom. The van der Waals surface area contributed by atoms with Crippen LogP contribution in [0.25, 0.3) is 0 Å². The van der Waals surface area contributed by atoms with Crippen LogP contribution < -0.4 is 5.73 Å². The third kappa shape index (κ3) is 5.37. The lowest BCUT2D eigenvalue weighted by Crippen LogP contribution is -2.28. The van der Waals surface area contributed by atoms with E-state index in [0.717, 1.165) is 0 Å². The molecule has 88 valence electrons. The molecule has 0 aromatic rings. The van der Waals surface area contributed by atoms with Crippen LogP contribution in [0.5, 0.6) is 0 Å². The highest BCUT2D eigenvalue weighted by Gasteiger charge is 2.28. The van der Waals surface area contributed by atoms with Gasteiger partial charge in [0.25, 0.3) is 0 Å². The summed E-state index contributed by atoms with van der Waals surface area (Å²) in [6.45, 7) is 4.36. The molecule has 0 aromatic heterocycles. The Labute approximate surface area is 89.9 Å². The topological polar surface area (TPSA) is 78.6 Å². The fraction of sp³-hybridized carbons (Fsp3) is 0.800. The van der Waals surface area contributed by atoms with E-state index >= 15 is 0 Å². The van der Waals surface area contributed by atoms with E-state index in [1.807, 2.05) is 0 Å². The average Bonchev–Trinajstić information content (AvgIpc) is 2.19. The molecular weight excluding hydrogens is 198 g/mol. The predicted octanol–water partition coefficient (Wildman–Crippen LogP) is 0.468. The molecule has 0 aliphatic heterocycles. The normalized spacial score (nSPS) is 10.1. The van der Waals surface area contributed by atoms with E-state index in [1.54, 1.807) is 13.8 Å². The highest BCUT2D eigenvalue weighted by molar-refractivity contribution is 5.94. The fourth-order valence-electron chi connectivity index (χ4n) is 1.14. The minimum Gasteiger partial charge on any atom is -0.465 e. The van der Waals surface area contributed by atoms with Crippen LogP contribution in [0.4, 0.5) is 0 Å². The number of carbonyl (C=O) groups is 2. The van der Waals surface area contributed by atoms with Crippen LogP contribution in [0.15, 0.2) is 0 Å². The number of carbonyl (C=O) groups excluding carboxylic acids is 2. The summed E-state index contributed by atoms with van der Waals surface area (Å²) in [5.41, 5.74) is 5.32. The third-order valence-corrected chi connectivity index (χ3v) is 1.84. The first kappa shape index (κ1) is 13.9. The van der Waals surface area contributed by atoms with E-state index in [1.165, 1.54) is 0 Å². The average molecular weight is 217 g/mol. The van der Waals surface area contributed by atoms with E-state index in [2.05, 4.69) is 0 Å². The molecule has 0 radical (unpaired) electrons. The molecule has 0 bridgehead atoms. The molecule has 2 N–H and O–H groups in total. The van der Waals surface area contributed by atoms with Gasteiger partial charge < -0.3 is 15.2 Å². The highest BCUT2D eigenvalue weighted by atomic mass is 16.6. The molecule has 0 rings (SSSR count). The van der Waals surface area contributed by atoms with Crippen molar-refractivity contribution in [1.29, 1.82) is 0 Å². The molecule has 0 atom stereocenters. The quantitative estimate of drug-likeness (QED) is 0.495. The maximum Gasteiger partial charge on any atom is 0.320 e. The van der Waals surface area contributed by atoms with E-state index < -0.39 is 17.9 Å². The van der Waals surface area contributed by atoms with Gasteiger partial charge in [0.15, 0.2) is 5.92 Å². The molecule has 0 fully saturated rings. The van der Waals surface area contributed by atoms with E-state index in [4.69, 9.17) is 15.2 Å². The summed E-state index contributed by atoms with van der Waals surface area (Å²) in [7, 11) is 0. The van der Waals surface area contributed by atoms with Gasteiger partial charge >= 0.3 is 11.9 Å². The first-order valence-corrected chi connectivity index (χ1v) is 5.20. The van der Waals surface area contributed by atoms with Crippen molar-refractivity contribution in [3.63, 3.8) is 0 Å². The standard InChI is InChI=1S/C10H19NO4/c1-3-14-9(12)8(6-5-7-11)10(13)15-4-2/h8H,3-7,11H2,1-2H3. The van der Waals surface area contributed by atoms with Crippen LogP contribution in [0, 0.1) is 5.92 Å². The van der Waals surface area contributed by atoms with Crippen molar-refractivity contribution >= 4 is 11.9 Å². The molecule has 5 nitrogen and oxygen atoms in total. The Morgan fingerprint density at radius 3 is 1.93 bits per heavy atom. The van der Waals surface area contributed by atoms with Crippen LogP contribution in [-0.2, 0) is 19.1 Å². The fourth-order valence-corrected chi connectivity index (χ4v) is 1.14. The maximum absolute atomic E-state index is 11.4. The van der Waals surface area contributed by atoms with Gasteiger partial charge in [0.1, 0.15) is 0 Å². The first-order chi connectivity index (χ1) is 7.17. The Kier molecular flexibility index (Phi) is 7.62. The Hall–Kier alpha value is -1.10. The number of rotatable bonds is 7. The van der Waals surface area contributed by atoms with Crippen LogP contribution in [0.1, 0.15) is 26.7 Å². The lowest BCUT2D eigenvalue weighted by molar-refractivity contribution is -0.161. The smallest absolute Gasteiger partial charge is 0.320 e. The van der Waals surface area contributed by atoms with Crippen molar-refractivity contribution in [2.24, 2.45) is 11.7 Å². The van der Waals surface area contributed by atoms with Gasteiger partial charge in [-0.15, -0.1) is 0 Å². The summed E-state index contributed by atoms with van der Waals surface area (Å²) in [6.07, 6.45) is 0.983. The zero-order valence-electron chi connectivity index (χ0n) is 9.32. The van der Waals surface area contributed by atoms with Crippen molar-refractivity contribution in [1.82, 2.24) is 0 Å². The van der Waals surface area contributed by atoms with Gasteiger partial charge in [-0.3, -0.25) is 9.59 Å². The number of ether oxygens (including phenoxy) is 2. The minimum absolute atomic E-state index is 0.261. The summed E-state index contributed by atoms with van der Waals surface area (Å²) >= 11 is 0. The second-order valence-corrected chi connectivity index (χ2v) is 2.99. The van der Waals surface area contributed by atoms with E-state index in [0.29, 0.717) is 19.4 Å². The highest BCUT2D eigenvalue weighted by Crippen LogP contribution is 2.10. The molecule has 0 aromatic carbocycles. The van der Waals surface area contributed by atoms with Gasteiger partial charge in [0, 0.05) is 0 Å². The molecule has 0 aliphatic carbocycles. The van der Waals surface area contributed by atoms with Crippen molar-refractivity contribution in [3.8, 4) is 0 Å². The molecular formula is C10H19NO4.